The zero-order valence-electron chi connectivity index (χ0n) is 9.85. The van der Waals surface area contributed by atoms with Crippen LogP contribution in [0.3, 0.4) is 0 Å². The first-order valence-corrected chi connectivity index (χ1v) is 7.58. The fourth-order valence-electron chi connectivity index (χ4n) is 1.80. The van der Waals surface area contributed by atoms with Crippen LogP contribution in [0.25, 0.3) is 0 Å². The first kappa shape index (κ1) is 12.3. The summed E-state index contributed by atoms with van der Waals surface area (Å²) in [5, 5.41) is 0. The molecule has 0 saturated heterocycles. The number of sulfone groups is 1. The molecule has 17 heavy (non-hydrogen) atoms. The lowest BCUT2D eigenvalue weighted by Gasteiger charge is -2.06. The van der Waals surface area contributed by atoms with Gasteiger partial charge in [0.25, 0.3) is 0 Å². The highest BCUT2D eigenvalue weighted by Crippen LogP contribution is 2.30. The number of aryl methyl sites for hydroxylation is 1. The summed E-state index contributed by atoms with van der Waals surface area (Å²) in [6, 6.07) is 7.38. The van der Waals surface area contributed by atoms with Crippen molar-refractivity contribution in [3.63, 3.8) is 0 Å². The van der Waals surface area contributed by atoms with E-state index in [2.05, 4.69) is 0 Å². The van der Waals surface area contributed by atoms with Crippen molar-refractivity contribution in [1.82, 2.24) is 0 Å². The van der Waals surface area contributed by atoms with Crippen LogP contribution in [0.2, 0.25) is 0 Å². The van der Waals surface area contributed by atoms with E-state index in [0.717, 1.165) is 24.0 Å². The zero-order chi connectivity index (χ0) is 12.5. The van der Waals surface area contributed by atoms with Gasteiger partial charge in [-0.3, -0.25) is 4.79 Å². The predicted octanol–water partition coefficient (Wildman–Crippen LogP) is 1.89. The van der Waals surface area contributed by atoms with Crippen molar-refractivity contribution >= 4 is 15.6 Å². The van der Waals surface area contributed by atoms with Crippen molar-refractivity contribution in [2.45, 2.75) is 25.5 Å². The van der Waals surface area contributed by atoms with Gasteiger partial charge in [0, 0.05) is 5.92 Å². The highest BCUT2D eigenvalue weighted by molar-refractivity contribution is 7.91. The molecule has 0 bridgehead atoms. The topological polar surface area (TPSA) is 51.2 Å². The minimum absolute atomic E-state index is 0.0154. The Morgan fingerprint density at radius 1 is 1.29 bits per heavy atom. The summed E-state index contributed by atoms with van der Waals surface area (Å²) in [4.78, 5) is 11.5. The predicted molar refractivity (Wildman–Crippen MR) is 66.4 cm³/mol. The Hall–Kier alpha value is -1.16. The summed E-state index contributed by atoms with van der Waals surface area (Å²) < 4.78 is 23.7. The van der Waals surface area contributed by atoms with E-state index in [1.165, 1.54) is 0 Å². The normalized spacial score (nSPS) is 15.8. The second-order valence-electron chi connectivity index (χ2n) is 4.70. The van der Waals surface area contributed by atoms with E-state index in [1.54, 1.807) is 6.07 Å². The van der Waals surface area contributed by atoms with Gasteiger partial charge in [0.05, 0.1) is 5.75 Å². The fraction of sp³-hybridized carbons (Fsp3) is 0.462. The molecule has 0 N–H and O–H groups in total. The summed E-state index contributed by atoms with van der Waals surface area (Å²) in [6.07, 6.45) is 1.72. The number of benzene rings is 1. The second-order valence-corrected chi connectivity index (χ2v) is 6.76. The standard InChI is InChI=1S/C13H16O3S/c1-10-4-2-3-5-12(10)8-17(15,16)9-13(14)11-6-7-11/h2-5,11H,6-9H2,1H3. The summed E-state index contributed by atoms with van der Waals surface area (Å²) in [7, 11) is -3.31. The van der Waals surface area contributed by atoms with Crippen LogP contribution in [0.4, 0.5) is 0 Å². The average Bonchev–Trinajstić information content (AvgIpc) is 3.03. The van der Waals surface area contributed by atoms with E-state index in [9.17, 15) is 13.2 Å². The molecule has 1 fully saturated rings. The number of hydrogen-bond acceptors (Lipinski definition) is 3. The Kier molecular flexibility index (Phi) is 3.33. The molecule has 1 aromatic carbocycles. The highest BCUT2D eigenvalue weighted by atomic mass is 32.2. The molecule has 3 nitrogen and oxygen atoms in total. The lowest BCUT2D eigenvalue weighted by molar-refractivity contribution is -0.117. The minimum atomic E-state index is -3.31. The minimum Gasteiger partial charge on any atom is -0.298 e. The molecule has 0 unspecified atom stereocenters. The summed E-state index contributed by atoms with van der Waals surface area (Å²) >= 11 is 0. The lowest BCUT2D eigenvalue weighted by Crippen LogP contribution is -2.19. The molecule has 0 atom stereocenters. The number of ketones is 1. The molecule has 0 spiro atoms. The number of carbonyl (C=O) groups excluding carboxylic acids is 1. The van der Waals surface area contributed by atoms with E-state index in [1.807, 2.05) is 25.1 Å². The SMILES string of the molecule is Cc1ccccc1CS(=O)(=O)CC(=O)C1CC1. The largest absolute Gasteiger partial charge is 0.298 e. The fourth-order valence-corrected chi connectivity index (χ4v) is 3.37. The maximum absolute atomic E-state index is 11.9. The van der Waals surface area contributed by atoms with Gasteiger partial charge < -0.3 is 0 Å². The number of carbonyl (C=O) groups is 1. The Bertz CT molecular complexity index is 527. The van der Waals surface area contributed by atoms with Crippen LogP contribution in [0.15, 0.2) is 24.3 Å². The summed E-state index contributed by atoms with van der Waals surface area (Å²) in [5.74, 6) is -0.426. The molecule has 1 saturated carbocycles. The molecule has 0 radical (unpaired) electrons. The molecule has 0 aromatic heterocycles. The quantitative estimate of drug-likeness (QED) is 0.804. The van der Waals surface area contributed by atoms with Gasteiger partial charge in [0.1, 0.15) is 5.75 Å². The molecule has 2 rings (SSSR count). The first-order valence-electron chi connectivity index (χ1n) is 5.75. The van der Waals surface area contributed by atoms with Crippen molar-refractivity contribution in [2.24, 2.45) is 5.92 Å². The van der Waals surface area contributed by atoms with Gasteiger partial charge in [-0.15, -0.1) is 0 Å². The van der Waals surface area contributed by atoms with Crippen molar-refractivity contribution < 1.29 is 13.2 Å². The van der Waals surface area contributed by atoms with Gasteiger partial charge in [-0.05, 0) is 30.9 Å². The van der Waals surface area contributed by atoms with Crippen molar-refractivity contribution in [1.29, 1.82) is 0 Å². The van der Waals surface area contributed by atoms with E-state index >= 15 is 0 Å². The van der Waals surface area contributed by atoms with Gasteiger partial charge in [0.2, 0.25) is 0 Å². The Morgan fingerprint density at radius 3 is 2.53 bits per heavy atom. The van der Waals surface area contributed by atoms with Crippen LogP contribution in [-0.2, 0) is 20.4 Å². The van der Waals surface area contributed by atoms with Crippen molar-refractivity contribution in [3.05, 3.63) is 35.4 Å². The maximum Gasteiger partial charge on any atom is 0.161 e. The maximum atomic E-state index is 11.9. The molecule has 0 heterocycles. The molecule has 1 aromatic rings. The number of rotatable bonds is 5. The third kappa shape index (κ3) is 3.40. The molecule has 4 heteroatoms. The van der Waals surface area contributed by atoms with E-state index < -0.39 is 9.84 Å². The average molecular weight is 252 g/mol. The number of hydrogen-bond donors (Lipinski definition) is 0. The van der Waals surface area contributed by atoms with Gasteiger partial charge in [-0.25, -0.2) is 8.42 Å². The van der Waals surface area contributed by atoms with Crippen molar-refractivity contribution in [2.75, 3.05) is 5.75 Å². The molecular formula is C13H16O3S. The van der Waals surface area contributed by atoms with E-state index in [4.69, 9.17) is 0 Å². The van der Waals surface area contributed by atoms with Crippen LogP contribution in [0.5, 0.6) is 0 Å². The monoisotopic (exact) mass is 252 g/mol. The van der Waals surface area contributed by atoms with E-state index in [0.29, 0.717) is 0 Å². The summed E-state index contributed by atoms with van der Waals surface area (Å²) in [5.41, 5.74) is 1.74. The van der Waals surface area contributed by atoms with Crippen molar-refractivity contribution in [3.8, 4) is 0 Å². The Morgan fingerprint density at radius 2 is 1.94 bits per heavy atom. The second kappa shape index (κ2) is 4.61. The van der Waals surface area contributed by atoms with Gasteiger partial charge in [0.15, 0.2) is 15.6 Å². The molecule has 0 aliphatic heterocycles. The number of Topliss-reactive ketones (excluding diaryl/α,β-unsaturated/α-hetero) is 1. The van der Waals surface area contributed by atoms with Gasteiger partial charge in [-0.1, -0.05) is 24.3 Å². The van der Waals surface area contributed by atoms with Crippen LogP contribution < -0.4 is 0 Å². The third-order valence-corrected chi connectivity index (χ3v) is 4.51. The Balaban J connectivity index is 2.06. The third-order valence-electron chi connectivity index (χ3n) is 3.03. The molecule has 92 valence electrons. The van der Waals surface area contributed by atoms with E-state index in [-0.39, 0.29) is 23.2 Å². The molecule has 0 amide bonds. The molecule has 1 aliphatic carbocycles. The lowest BCUT2D eigenvalue weighted by atomic mass is 10.1. The smallest absolute Gasteiger partial charge is 0.161 e. The van der Waals surface area contributed by atoms with Crippen LogP contribution in [-0.4, -0.2) is 20.0 Å². The zero-order valence-corrected chi connectivity index (χ0v) is 10.7. The van der Waals surface area contributed by atoms with Gasteiger partial charge >= 0.3 is 0 Å². The van der Waals surface area contributed by atoms with Crippen LogP contribution in [0.1, 0.15) is 24.0 Å². The van der Waals surface area contributed by atoms with Crippen LogP contribution in [0, 0.1) is 12.8 Å². The molecule has 1 aliphatic rings. The molecular weight excluding hydrogens is 236 g/mol. The highest BCUT2D eigenvalue weighted by Gasteiger charge is 2.32. The van der Waals surface area contributed by atoms with Crippen LogP contribution >= 0.6 is 0 Å². The summed E-state index contributed by atoms with van der Waals surface area (Å²) in [6.45, 7) is 1.88. The van der Waals surface area contributed by atoms with Gasteiger partial charge in [-0.2, -0.15) is 0 Å². The first-order chi connectivity index (χ1) is 7.98. The Labute approximate surface area is 102 Å².